The van der Waals surface area contributed by atoms with Crippen LogP contribution in [0.2, 0.25) is 0 Å². The van der Waals surface area contributed by atoms with Crippen molar-refractivity contribution in [3.63, 3.8) is 0 Å². The van der Waals surface area contributed by atoms with E-state index in [-0.39, 0.29) is 6.42 Å². The van der Waals surface area contributed by atoms with Gasteiger partial charge in [-0.1, -0.05) is 0 Å². The van der Waals surface area contributed by atoms with Gasteiger partial charge < -0.3 is 15.0 Å². The predicted molar refractivity (Wildman–Crippen MR) is 56.6 cm³/mol. The second kappa shape index (κ2) is 5.50. The highest BCUT2D eigenvalue weighted by atomic mass is 16.4. The molecule has 84 valence electrons. The summed E-state index contributed by atoms with van der Waals surface area (Å²) in [4.78, 5) is 14.3. The molecule has 0 saturated heterocycles. The van der Waals surface area contributed by atoms with Gasteiger partial charge in [-0.25, -0.2) is 4.98 Å². The summed E-state index contributed by atoms with van der Waals surface area (Å²) in [6.07, 6.45) is 3.74. The van der Waals surface area contributed by atoms with E-state index in [1.807, 2.05) is 0 Å². The van der Waals surface area contributed by atoms with Gasteiger partial charge in [-0.15, -0.1) is 0 Å². The van der Waals surface area contributed by atoms with Crippen molar-refractivity contribution in [3.8, 4) is 0 Å². The molecule has 5 heteroatoms. The van der Waals surface area contributed by atoms with Gasteiger partial charge in [0.25, 0.3) is 0 Å². The highest BCUT2D eigenvalue weighted by molar-refractivity contribution is 5.66. The molecule has 2 N–H and O–H groups in total. The second-order valence-electron chi connectivity index (χ2n) is 3.71. The topological polar surface area (TPSA) is 67.2 Å². The van der Waals surface area contributed by atoms with Crippen molar-refractivity contribution in [2.45, 2.75) is 32.9 Å². The zero-order chi connectivity index (χ0) is 11.3. The predicted octanol–water partition coefficient (Wildman–Crippen LogP) is 1.03. The van der Waals surface area contributed by atoms with Crippen molar-refractivity contribution in [1.29, 1.82) is 0 Å². The molecule has 0 aliphatic rings. The number of imidazole rings is 1. The largest absolute Gasteiger partial charge is 0.481 e. The van der Waals surface area contributed by atoms with Crippen LogP contribution in [0.5, 0.6) is 0 Å². The quantitative estimate of drug-likeness (QED) is 0.690. The van der Waals surface area contributed by atoms with Crippen molar-refractivity contribution < 1.29 is 9.90 Å². The Morgan fingerprint density at radius 2 is 2.40 bits per heavy atom. The number of aromatic nitrogens is 2. The first kappa shape index (κ1) is 11.7. The molecule has 0 radical (unpaired) electrons. The van der Waals surface area contributed by atoms with Gasteiger partial charge in [-0.2, -0.15) is 0 Å². The van der Waals surface area contributed by atoms with E-state index in [9.17, 15) is 4.79 Å². The molecule has 5 nitrogen and oxygen atoms in total. The van der Waals surface area contributed by atoms with Crippen LogP contribution in [0, 0.1) is 0 Å². The van der Waals surface area contributed by atoms with Crippen LogP contribution in [-0.4, -0.2) is 27.2 Å². The van der Waals surface area contributed by atoms with E-state index in [0.717, 1.165) is 5.69 Å². The van der Waals surface area contributed by atoms with Crippen LogP contribution in [0.25, 0.3) is 0 Å². The minimum atomic E-state index is -0.778. The molecule has 1 heterocycles. The van der Waals surface area contributed by atoms with Gasteiger partial charge in [0.15, 0.2) is 0 Å². The maximum atomic E-state index is 10.3. The highest BCUT2D eigenvalue weighted by Crippen LogP contribution is 2.08. The first-order chi connectivity index (χ1) is 7.11. The molecule has 1 aromatic heterocycles. The van der Waals surface area contributed by atoms with E-state index in [1.165, 1.54) is 0 Å². The Kier molecular flexibility index (Phi) is 4.30. The van der Waals surface area contributed by atoms with E-state index in [4.69, 9.17) is 5.11 Å². The zero-order valence-electron chi connectivity index (χ0n) is 9.10. The molecule has 1 aromatic rings. The molecule has 0 aliphatic carbocycles. The summed E-state index contributed by atoms with van der Waals surface area (Å²) in [6.45, 7) is 5.31. The Hall–Kier alpha value is -1.36. The van der Waals surface area contributed by atoms with Crippen molar-refractivity contribution >= 4 is 5.97 Å². The van der Waals surface area contributed by atoms with E-state index >= 15 is 0 Å². The van der Waals surface area contributed by atoms with Gasteiger partial charge in [-0.3, -0.25) is 4.79 Å². The van der Waals surface area contributed by atoms with E-state index < -0.39 is 5.97 Å². The Morgan fingerprint density at radius 1 is 1.67 bits per heavy atom. The van der Waals surface area contributed by atoms with Gasteiger partial charge in [0, 0.05) is 25.3 Å². The summed E-state index contributed by atoms with van der Waals surface area (Å²) in [5.41, 5.74) is 1.08. The molecule has 0 spiro atoms. The molecule has 0 amide bonds. The zero-order valence-corrected chi connectivity index (χ0v) is 9.10. The minimum Gasteiger partial charge on any atom is -0.481 e. The number of hydrogen-bond acceptors (Lipinski definition) is 3. The summed E-state index contributed by atoms with van der Waals surface area (Å²) in [5, 5.41) is 11.5. The summed E-state index contributed by atoms with van der Waals surface area (Å²) in [5.74, 6) is -0.778. The Morgan fingerprint density at radius 3 is 3.00 bits per heavy atom. The molecule has 0 aliphatic heterocycles. The van der Waals surface area contributed by atoms with E-state index in [2.05, 4.69) is 28.7 Å². The summed E-state index contributed by atoms with van der Waals surface area (Å²) >= 11 is 0. The molecule has 0 bridgehead atoms. The minimum absolute atomic E-state index is 0.149. The summed E-state index contributed by atoms with van der Waals surface area (Å²) < 4.78 is 2.06. The van der Waals surface area contributed by atoms with Crippen LogP contribution < -0.4 is 5.32 Å². The number of hydrogen-bond donors (Lipinski definition) is 2. The van der Waals surface area contributed by atoms with Crippen LogP contribution in [-0.2, 0) is 11.3 Å². The first-order valence-corrected chi connectivity index (χ1v) is 5.04. The maximum absolute atomic E-state index is 10.3. The van der Waals surface area contributed by atoms with Crippen LogP contribution in [0.15, 0.2) is 12.5 Å². The van der Waals surface area contributed by atoms with Gasteiger partial charge >= 0.3 is 5.97 Å². The fraction of sp³-hybridized carbons (Fsp3) is 0.600. The second-order valence-corrected chi connectivity index (χ2v) is 3.71. The molecule has 0 unspecified atom stereocenters. The van der Waals surface area contributed by atoms with Crippen LogP contribution in [0.1, 0.15) is 32.0 Å². The monoisotopic (exact) mass is 211 g/mol. The van der Waals surface area contributed by atoms with E-state index in [0.29, 0.717) is 19.1 Å². The summed E-state index contributed by atoms with van der Waals surface area (Å²) in [7, 11) is 0. The fourth-order valence-electron chi connectivity index (χ4n) is 1.35. The molecule has 0 fully saturated rings. The van der Waals surface area contributed by atoms with Gasteiger partial charge in [0.05, 0.1) is 18.4 Å². The van der Waals surface area contributed by atoms with Crippen molar-refractivity contribution in [3.05, 3.63) is 18.2 Å². The third-order valence-electron chi connectivity index (χ3n) is 2.12. The lowest BCUT2D eigenvalue weighted by Crippen LogP contribution is -2.19. The van der Waals surface area contributed by atoms with Crippen molar-refractivity contribution in [2.24, 2.45) is 0 Å². The number of aliphatic carboxylic acids is 1. The number of nitrogens with zero attached hydrogens (tertiary/aromatic N) is 2. The Balaban J connectivity index is 2.37. The van der Waals surface area contributed by atoms with Gasteiger partial charge in [0.1, 0.15) is 0 Å². The van der Waals surface area contributed by atoms with Gasteiger partial charge in [0.2, 0.25) is 0 Å². The van der Waals surface area contributed by atoms with Crippen molar-refractivity contribution in [2.75, 3.05) is 6.54 Å². The third kappa shape index (κ3) is 3.71. The first-order valence-electron chi connectivity index (χ1n) is 5.04. The fourth-order valence-corrected chi connectivity index (χ4v) is 1.35. The van der Waals surface area contributed by atoms with Crippen molar-refractivity contribution in [1.82, 2.24) is 14.9 Å². The Bertz CT molecular complexity index is 320. The lowest BCUT2D eigenvalue weighted by molar-refractivity contribution is -0.136. The molecule has 1 rings (SSSR count). The molecule has 0 aromatic carbocycles. The van der Waals surface area contributed by atoms with Gasteiger partial charge in [-0.05, 0) is 13.8 Å². The van der Waals surface area contributed by atoms with E-state index in [1.54, 1.807) is 12.5 Å². The average Bonchev–Trinajstić information content (AvgIpc) is 2.60. The van der Waals surface area contributed by atoms with Crippen LogP contribution in [0.3, 0.4) is 0 Å². The van der Waals surface area contributed by atoms with Crippen LogP contribution >= 0.6 is 0 Å². The number of rotatable bonds is 6. The number of carbonyl (C=O) groups is 1. The molecular weight excluding hydrogens is 194 g/mol. The smallest absolute Gasteiger partial charge is 0.304 e. The summed E-state index contributed by atoms with van der Waals surface area (Å²) in [6, 6.07) is 0.378. The average molecular weight is 211 g/mol. The lowest BCUT2D eigenvalue weighted by Gasteiger charge is -2.11. The number of carboxylic acids is 1. The third-order valence-corrected chi connectivity index (χ3v) is 2.12. The molecular formula is C10H17N3O2. The normalized spacial score (nSPS) is 10.9. The molecule has 0 saturated carbocycles. The standard InChI is InChI=1S/C10H17N3O2/c1-8(2)13-7-12-6-9(13)5-11-4-3-10(14)15/h6-8,11H,3-5H2,1-2H3,(H,14,15). The lowest BCUT2D eigenvalue weighted by atomic mass is 10.3. The highest BCUT2D eigenvalue weighted by Gasteiger charge is 2.04. The van der Waals surface area contributed by atoms with Crippen LogP contribution in [0.4, 0.5) is 0 Å². The number of nitrogens with one attached hydrogen (secondary N) is 1. The number of carboxylic acid groups (broad SMARTS) is 1. The maximum Gasteiger partial charge on any atom is 0.304 e. The SMILES string of the molecule is CC(C)n1cncc1CNCCC(=O)O. The molecule has 15 heavy (non-hydrogen) atoms. The molecule has 0 atom stereocenters. The Labute approximate surface area is 89.1 Å².